The van der Waals surface area contributed by atoms with Gasteiger partial charge in [-0.25, -0.2) is 4.98 Å². The van der Waals surface area contributed by atoms with Crippen molar-refractivity contribution in [2.75, 3.05) is 0 Å². The highest BCUT2D eigenvalue weighted by atomic mass is 35.5. The molecule has 0 N–H and O–H groups in total. The summed E-state index contributed by atoms with van der Waals surface area (Å²) in [4.78, 5) is 21.4. The number of halogens is 3. The Kier molecular flexibility index (Phi) is 6.36. The normalized spacial score (nSPS) is 13.3. The lowest BCUT2D eigenvalue weighted by atomic mass is 9.85. The second-order valence-electron chi connectivity index (χ2n) is 6.84. The number of nitrogens with zero attached hydrogens (tertiary/aromatic N) is 3. The first kappa shape index (κ1) is 21.4. The lowest BCUT2D eigenvalue weighted by Gasteiger charge is -2.34. The average molecular weight is 455 g/mol. The predicted molar refractivity (Wildman–Crippen MR) is 113 cm³/mol. The smallest absolute Gasteiger partial charge is 0.295 e. The fourth-order valence-corrected chi connectivity index (χ4v) is 4.01. The Bertz CT molecular complexity index is 1020. The maximum absolute atomic E-state index is 11.6. The summed E-state index contributed by atoms with van der Waals surface area (Å²) in [6, 6.07) is 11.4. The molecule has 1 heterocycles. The monoisotopic (exact) mass is 453 g/mol. The van der Waals surface area contributed by atoms with Crippen LogP contribution in [0.15, 0.2) is 54.9 Å². The van der Waals surface area contributed by atoms with Crippen LogP contribution in [0.4, 0.5) is 0 Å². The summed E-state index contributed by atoms with van der Waals surface area (Å²) >= 11 is 18.6. The number of imidazole rings is 1. The van der Waals surface area contributed by atoms with E-state index >= 15 is 0 Å². The van der Waals surface area contributed by atoms with Crippen LogP contribution in [0.5, 0.6) is 0 Å². The van der Waals surface area contributed by atoms with Crippen molar-refractivity contribution in [3.05, 3.63) is 97.0 Å². The van der Waals surface area contributed by atoms with Gasteiger partial charge in [0.2, 0.25) is 0 Å². The largest absolute Gasteiger partial charge is 0.331 e. The van der Waals surface area contributed by atoms with Gasteiger partial charge in [-0.3, -0.25) is 4.84 Å². The van der Waals surface area contributed by atoms with E-state index in [1.165, 1.54) is 6.07 Å². The zero-order chi connectivity index (χ0) is 21.2. The Morgan fingerprint density at radius 2 is 1.79 bits per heavy atom. The van der Waals surface area contributed by atoms with E-state index in [1.807, 2.05) is 18.4 Å². The quantitative estimate of drug-likeness (QED) is 0.318. The summed E-state index contributed by atoms with van der Waals surface area (Å²) in [5, 5.41) is 12.0. The summed E-state index contributed by atoms with van der Waals surface area (Å²) in [5.41, 5.74) is -0.614. The van der Waals surface area contributed by atoms with Gasteiger partial charge in [-0.15, -0.1) is 10.1 Å². The molecular weight excluding hydrogens is 437 g/mol. The molecule has 3 aromatic rings. The molecular formula is C20H18Cl3N3O3. The highest BCUT2D eigenvalue weighted by molar-refractivity contribution is 6.35. The van der Waals surface area contributed by atoms with E-state index in [0.29, 0.717) is 21.2 Å². The molecule has 0 aliphatic carbocycles. The number of aromatic nitrogens is 2. The maximum atomic E-state index is 11.6. The van der Waals surface area contributed by atoms with Crippen LogP contribution in [0.25, 0.3) is 0 Å². The second-order valence-corrected chi connectivity index (χ2v) is 8.12. The van der Waals surface area contributed by atoms with Crippen molar-refractivity contribution in [2.24, 2.45) is 0 Å². The van der Waals surface area contributed by atoms with Gasteiger partial charge < -0.3 is 4.57 Å². The van der Waals surface area contributed by atoms with Crippen molar-refractivity contribution in [2.45, 2.75) is 31.9 Å². The van der Waals surface area contributed by atoms with E-state index in [1.54, 1.807) is 48.8 Å². The van der Waals surface area contributed by atoms with E-state index in [9.17, 15) is 10.1 Å². The first-order valence-corrected chi connectivity index (χ1v) is 9.92. The third-order valence-electron chi connectivity index (χ3n) is 4.56. The molecule has 2 aromatic carbocycles. The minimum atomic E-state index is -1.54. The van der Waals surface area contributed by atoms with E-state index < -0.39 is 10.7 Å². The number of hydrogen-bond donors (Lipinski definition) is 0. The molecule has 0 spiro atoms. The maximum Gasteiger partial charge on any atom is 0.295 e. The van der Waals surface area contributed by atoms with Gasteiger partial charge in [0.15, 0.2) is 5.60 Å². The minimum absolute atomic E-state index is 0.0739. The van der Waals surface area contributed by atoms with Crippen LogP contribution in [0.3, 0.4) is 0 Å². The summed E-state index contributed by atoms with van der Waals surface area (Å²) in [6.45, 7) is 4.06. The molecule has 0 amide bonds. The molecule has 0 saturated carbocycles. The van der Waals surface area contributed by atoms with E-state index in [0.717, 1.165) is 5.82 Å². The Labute approximate surface area is 183 Å². The zero-order valence-corrected chi connectivity index (χ0v) is 17.9. The molecule has 152 valence electrons. The Morgan fingerprint density at radius 1 is 1.14 bits per heavy atom. The van der Waals surface area contributed by atoms with E-state index in [4.69, 9.17) is 39.6 Å². The van der Waals surface area contributed by atoms with Crippen molar-refractivity contribution in [3.8, 4) is 0 Å². The Balaban J connectivity index is 2.28. The van der Waals surface area contributed by atoms with Crippen molar-refractivity contribution in [3.63, 3.8) is 0 Å². The summed E-state index contributed by atoms with van der Waals surface area (Å²) in [5.74, 6) is 0.865. The molecule has 1 unspecified atom stereocenters. The minimum Gasteiger partial charge on any atom is -0.331 e. The average Bonchev–Trinajstić information content (AvgIpc) is 3.09. The van der Waals surface area contributed by atoms with Gasteiger partial charge in [0.25, 0.3) is 5.09 Å². The third-order valence-corrected chi connectivity index (χ3v) is 5.36. The number of benzene rings is 2. The van der Waals surface area contributed by atoms with Gasteiger partial charge in [0.1, 0.15) is 5.82 Å². The first-order valence-electron chi connectivity index (χ1n) is 8.79. The molecule has 1 atom stereocenters. The second kappa shape index (κ2) is 8.61. The van der Waals surface area contributed by atoms with Crippen LogP contribution in [0.1, 0.15) is 36.7 Å². The van der Waals surface area contributed by atoms with Crippen molar-refractivity contribution >= 4 is 34.8 Å². The van der Waals surface area contributed by atoms with Gasteiger partial charge in [-0.05, 0) is 29.8 Å². The van der Waals surface area contributed by atoms with Gasteiger partial charge >= 0.3 is 0 Å². The van der Waals surface area contributed by atoms with E-state index in [-0.39, 0.29) is 17.5 Å². The molecule has 0 bridgehead atoms. The predicted octanol–water partition coefficient (Wildman–Crippen LogP) is 6.12. The SMILES string of the molecule is CC(C)c1nccn1CC(O[N+](=O)[O-])(c1ccc(Cl)cc1)c1ccc(Cl)cc1Cl. The fraction of sp³-hybridized carbons (Fsp3) is 0.250. The van der Waals surface area contributed by atoms with Gasteiger partial charge in [0, 0.05) is 38.9 Å². The van der Waals surface area contributed by atoms with Crippen molar-refractivity contribution in [1.82, 2.24) is 9.55 Å². The molecule has 6 nitrogen and oxygen atoms in total. The van der Waals surface area contributed by atoms with Gasteiger partial charge in [0.05, 0.1) is 6.54 Å². The Morgan fingerprint density at radius 3 is 2.38 bits per heavy atom. The van der Waals surface area contributed by atoms with Gasteiger partial charge in [-0.1, -0.05) is 66.8 Å². The number of hydrogen-bond acceptors (Lipinski definition) is 4. The Hall–Kier alpha value is -2.28. The molecule has 9 heteroatoms. The molecule has 0 radical (unpaired) electrons. The van der Waals surface area contributed by atoms with E-state index in [2.05, 4.69) is 4.98 Å². The molecule has 0 fully saturated rings. The van der Waals surface area contributed by atoms with Crippen molar-refractivity contribution in [1.29, 1.82) is 0 Å². The lowest BCUT2D eigenvalue weighted by molar-refractivity contribution is -0.782. The fourth-order valence-electron chi connectivity index (χ4n) is 3.32. The van der Waals surface area contributed by atoms with Crippen LogP contribution >= 0.6 is 34.8 Å². The van der Waals surface area contributed by atoms with Crippen molar-refractivity contribution < 1.29 is 9.92 Å². The third kappa shape index (κ3) is 4.50. The lowest BCUT2D eigenvalue weighted by Crippen LogP contribution is -2.39. The van der Waals surface area contributed by atoms with Crippen LogP contribution in [-0.4, -0.2) is 14.6 Å². The van der Waals surface area contributed by atoms with Crippen LogP contribution < -0.4 is 0 Å². The first-order chi connectivity index (χ1) is 13.7. The standard InChI is InChI=1S/C20H18Cl3N3O3/c1-13(2)19-24-9-10-25(19)12-20(29-26(27)28,14-3-5-15(21)6-4-14)17-8-7-16(22)11-18(17)23/h3-11,13H,12H2,1-2H3. The molecule has 0 aliphatic rings. The topological polar surface area (TPSA) is 70.2 Å². The number of rotatable bonds is 7. The van der Waals surface area contributed by atoms with Crippen LogP contribution in [0, 0.1) is 10.1 Å². The summed E-state index contributed by atoms with van der Waals surface area (Å²) in [6.07, 6.45) is 3.41. The molecule has 0 aliphatic heterocycles. The molecule has 29 heavy (non-hydrogen) atoms. The molecule has 1 aromatic heterocycles. The van der Waals surface area contributed by atoms with Crippen LogP contribution in [0.2, 0.25) is 15.1 Å². The summed E-state index contributed by atoms with van der Waals surface area (Å²) < 4.78 is 1.83. The highest BCUT2D eigenvalue weighted by Gasteiger charge is 2.41. The zero-order valence-electron chi connectivity index (χ0n) is 15.7. The molecule has 0 saturated heterocycles. The van der Waals surface area contributed by atoms with Gasteiger partial charge in [-0.2, -0.15) is 0 Å². The molecule has 3 rings (SSSR count). The highest BCUT2D eigenvalue weighted by Crippen LogP contribution is 2.41. The summed E-state index contributed by atoms with van der Waals surface area (Å²) in [7, 11) is 0. The van der Waals surface area contributed by atoms with Crippen LogP contribution in [-0.2, 0) is 17.0 Å².